The minimum absolute atomic E-state index is 0.0565. The third kappa shape index (κ3) is 5.36. The van der Waals surface area contributed by atoms with Crippen molar-refractivity contribution < 1.29 is 23.4 Å². The Balaban J connectivity index is 1.63. The number of carbonyl (C=O) groups is 1. The summed E-state index contributed by atoms with van der Waals surface area (Å²) in [5, 5.41) is 0.440. The van der Waals surface area contributed by atoms with Crippen LogP contribution in [0.5, 0.6) is 11.5 Å². The third-order valence-corrected chi connectivity index (χ3v) is 5.82. The quantitative estimate of drug-likeness (QED) is 0.185. The average Bonchev–Trinajstić information content (AvgIpc) is 3.14. The zero-order chi connectivity index (χ0) is 23.4. The molecule has 0 amide bonds. The zero-order valence-corrected chi connectivity index (χ0v) is 20.4. The van der Waals surface area contributed by atoms with E-state index in [0.717, 1.165) is 3.57 Å². The number of carbonyl (C=O) groups excluding carboxylic acids is 1. The van der Waals surface area contributed by atoms with Crippen LogP contribution < -0.4 is 9.47 Å². The molecule has 1 heterocycles. The predicted molar refractivity (Wildman–Crippen MR) is 133 cm³/mol. The van der Waals surface area contributed by atoms with Crippen LogP contribution in [0.4, 0.5) is 4.39 Å². The van der Waals surface area contributed by atoms with E-state index >= 15 is 0 Å². The van der Waals surface area contributed by atoms with Gasteiger partial charge in [0.15, 0.2) is 17.2 Å². The first-order valence-electron chi connectivity index (χ1n) is 10.1. The lowest BCUT2D eigenvalue weighted by atomic mass is 10.1. The smallest absolute Gasteiger partial charge is 0.363 e. The van der Waals surface area contributed by atoms with Crippen molar-refractivity contribution in [1.29, 1.82) is 0 Å². The van der Waals surface area contributed by atoms with E-state index in [-0.39, 0.29) is 24.0 Å². The van der Waals surface area contributed by atoms with Crippen molar-refractivity contribution in [1.82, 2.24) is 0 Å². The second kappa shape index (κ2) is 10.4. The van der Waals surface area contributed by atoms with Crippen LogP contribution in [0, 0.1) is 9.39 Å². The number of nitrogens with zero attached hydrogens (tertiary/aromatic N) is 1. The molecule has 0 unspecified atom stereocenters. The molecule has 0 spiro atoms. The molecular formula is C25H18ClFINO4. The van der Waals surface area contributed by atoms with Crippen molar-refractivity contribution in [3.05, 3.63) is 97.5 Å². The number of hydrogen-bond acceptors (Lipinski definition) is 5. The average molecular weight is 578 g/mol. The second-order valence-electron chi connectivity index (χ2n) is 6.96. The summed E-state index contributed by atoms with van der Waals surface area (Å²) < 4.78 is 31.7. The summed E-state index contributed by atoms with van der Waals surface area (Å²) in [7, 11) is 0. The summed E-state index contributed by atoms with van der Waals surface area (Å²) in [5.74, 6) is 0.226. The van der Waals surface area contributed by atoms with Gasteiger partial charge >= 0.3 is 5.97 Å². The first kappa shape index (κ1) is 23.3. The van der Waals surface area contributed by atoms with E-state index in [9.17, 15) is 9.18 Å². The highest BCUT2D eigenvalue weighted by atomic mass is 127. The molecule has 8 heteroatoms. The summed E-state index contributed by atoms with van der Waals surface area (Å²) in [4.78, 5) is 16.7. The van der Waals surface area contributed by atoms with Crippen molar-refractivity contribution in [2.75, 3.05) is 6.61 Å². The molecule has 0 atom stereocenters. The van der Waals surface area contributed by atoms with Crippen LogP contribution in [0.25, 0.3) is 6.08 Å². The normalized spacial score (nSPS) is 14.2. The first-order valence-corrected chi connectivity index (χ1v) is 11.5. The van der Waals surface area contributed by atoms with Crippen LogP contribution in [0.1, 0.15) is 23.6 Å². The van der Waals surface area contributed by atoms with Crippen molar-refractivity contribution >= 4 is 52.1 Å². The number of halogens is 3. The Hall–Kier alpha value is -2.91. The van der Waals surface area contributed by atoms with Crippen molar-refractivity contribution in [2.24, 2.45) is 4.99 Å². The lowest BCUT2D eigenvalue weighted by Crippen LogP contribution is -2.06. The number of esters is 1. The van der Waals surface area contributed by atoms with Gasteiger partial charge in [-0.15, -0.1) is 0 Å². The van der Waals surface area contributed by atoms with Gasteiger partial charge in [0, 0.05) is 5.56 Å². The van der Waals surface area contributed by atoms with Gasteiger partial charge in [-0.1, -0.05) is 41.9 Å². The molecule has 1 aliphatic rings. The Morgan fingerprint density at radius 1 is 1.12 bits per heavy atom. The van der Waals surface area contributed by atoms with Gasteiger partial charge in [0.05, 0.1) is 20.8 Å². The Labute approximate surface area is 209 Å². The van der Waals surface area contributed by atoms with Gasteiger partial charge in [-0.25, -0.2) is 14.2 Å². The zero-order valence-electron chi connectivity index (χ0n) is 17.5. The van der Waals surface area contributed by atoms with E-state index in [2.05, 4.69) is 27.6 Å². The Bertz CT molecular complexity index is 1280. The minimum atomic E-state index is -0.572. The fourth-order valence-electron chi connectivity index (χ4n) is 3.16. The van der Waals surface area contributed by atoms with Gasteiger partial charge in [-0.2, -0.15) is 0 Å². The molecule has 0 N–H and O–H groups in total. The molecule has 33 heavy (non-hydrogen) atoms. The molecule has 3 aromatic rings. The molecule has 0 aromatic heterocycles. The van der Waals surface area contributed by atoms with Crippen LogP contribution in [0.15, 0.2) is 71.4 Å². The summed E-state index contributed by atoms with van der Waals surface area (Å²) >= 11 is 8.31. The third-order valence-electron chi connectivity index (χ3n) is 4.69. The number of cyclic esters (lactones) is 1. The highest BCUT2D eigenvalue weighted by Gasteiger charge is 2.26. The van der Waals surface area contributed by atoms with E-state index in [0.29, 0.717) is 39.8 Å². The monoisotopic (exact) mass is 577 g/mol. The molecule has 3 aromatic carbocycles. The van der Waals surface area contributed by atoms with Crippen molar-refractivity contribution in [2.45, 2.75) is 13.5 Å². The maximum absolute atomic E-state index is 14.0. The molecule has 168 valence electrons. The number of benzene rings is 3. The highest BCUT2D eigenvalue weighted by Crippen LogP contribution is 2.36. The lowest BCUT2D eigenvalue weighted by Gasteiger charge is -2.15. The minimum Gasteiger partial charge on any atom is -0.490 e. The molecule has 1 aliphatic heterocycles. The lowest BCUT2D eigenvalue weighted by molar-refractivity contribution is -0.129. The molecule has 0 radical (unpaired) electrons. The predicted octanol–water partition coefficient (Wildman–Crippen LogP) is 6.41. The van der Waals surface area contributed by atoms with Crippen LogP contribution in [0.2, 0.25) is 5.02 Å². The summed E-state index contributed by atoms with van der Waals surface area (Å²) in [6, 6.07) is 17.0. The Morgan fingerprint density at radius 2 is 1.88 bits per heavy atom. The number of rotatable bonds is 7. The van der Waals surface area contributed by atoms with E-state index < -0.39 is 5.97 Å². The molecule has 0 saturated heterocycles. The molecular weight excluding hydrogens is 560 g/mol. The molecule has 5 nitrogen and oxygen atoms in total. The summed E-state index contributed by atoms with van der Waals surface area (Å²) in [5.41, 5.74) is 1.80. The number of hydrogen-bond donors (Lipinski definition) is 0. The maximum Gasteiger partial charge on any atom is 0.363 e. The van der Waals surface area contributed by atoms with E-state index in [1.54, 1.807) is 54.6 Å². The van der Waals surface area contributed by atoms with E-state index in [1.165, 1.54) is 6.07 Å². The Kier molecular flexibility index (Phi) is 7.29. The molecule has 0 saturated carbocycles. The summed E-state index contributed by atoms with van der Waals surface area (Å²) in [6.07, 6.45) is 1.61. The fraction of sp³-hybridized carbons (Fsp3) is 0.120. The second-order valence-corrected chi connectivity index (χ2v) is 8.53. The van der Waals surface area contributed by atoms with Gasteiger partial charge in [0.25, 0.3) is 0 Å². The van der Waals surface area contributed by atoms with E-state index in [1.807, 2.05) is 13.0 Å². The SMILES string of the molecule is CCOc1cc(/C=C2\N=C(c3ccccc3Cl)OC2=O)cc(I)c1OCc1ccccc1F. The molecule has 0 aliphatic carbocycles. The topological polar surface area (TPSA) is 57.1 Å². The maximum atomic E-state index is 14.0. The van der Waals surface area contributed by atoms with Gasteiger partial charge in [0.2, 0.25) is 5.90 Å². The largest absolute Gasteiger partial charge is 0.490 e. The molecule has 0 fully saturated rings. The van der Waals surface area contributed by atoms with Gasteiger partial charge in [0.1, 0.15) is 12.4 Å². The van der Waals surface area contributed by atoms with Gasteiger partial charge in [-0.05, 0) is 71.5 Å². The number of aliphatic imine (C=N–C) groups is 1. The van der Waals surface area contributed by atoms with Gasteiger partial charge in [-0.3, -0.25) is 0 Å². The van der Waals surface area contributed by atoms with Crippen LogP contribution in [-0.4, -0.2) is 18.5 Å². The number of ether oxygens (including phenoxy) is 3. The Morgan fingerprint density at radius 3 is 2.64 bits per heavy atom. The van der Waals surface area contributed by atoms with Crippen molar-refractivity contribution in [3.8, 4) is 11.5 Å². The fourth-order valence-corrected chi connectivity index (χ4v) is 4.15. The van der Waals surface area contributed by atoms with Crippen LogP contribution in [0.3, 0.4) is 0 Å². The van der Waals surface area contributed by atoms with Gasteiger partial charge < -0.3 is 14.2 Å². The standard InChI is InChI=1S/C25H18ClFINO4/c1-2-31-22-13-15(11-20(28)23(22)32-14-16-7-3-6-10-19(16)27)12-21-25(30)33-24(29-21)17-8-4-5-9-18(17)26/h3-13H,2,14H2,1H3/b21-12-. The summed E-state index contributed by atoms with van der Waals surface area (Å²) in [6.45, 7) is 2.32. The van der Waals surface area contributed by atoms with Crippen LogP contribution >= 0.6 is 34.2 Å². The van der Waals surface area contributed by atoms with Crippen LogP contribution in [-0.2, 0) is 16.1 Å². The molecule has 0 bridgehead atoms. The highest BCUT2D eigenvalue weighted by molar-refractivity contribution is 14.1. The molecule has 4 rings (SSSR count). The van der Waals surface area contributed by atoms with Crippen molar-refractivity contribution in [3.63, 3.8) is 0 Å². The first-order chi connectivity index (χ1) is 16.0. The van der Waals surface area contributed by atoms with E-state index in [4.69, 9.17) is 25.8 Å².